The van der Waals surface area contributed by atoms with Gasteiger partial charge in [0.1, 0.15) is 11.9 Å². The van der Waals surface area contributed by atoms with Crippen molar-refractivity contribution < 1.29 is 4.92 Å². The quantitative estimate of drug-likeness (QED) is 0.659. The molecule has 1 atom stereocenters. The maximum atomic E-state index is 10.7. The van der Waals surface area contributed by atoms with Crippen molar-refractivity contribution in [2.45, 2.75) is 25.8 Å². The molecule has 2 heterocycles. The molecular formula is C9H17ClN4O2S. The number of nitrogens with one attached hydrogen (secondary N) is 1. The fourth-order valence-corrected chi connectivity index (χ4v) is 2.00. The molecule has 1 aromatic rings. The standard InChI is InChI=1S/C9H14N4O2.ClH.H2S/c1-7-9(13(14)15)6-11-12(7)8-3-2-4-10-5-8;;/h6,8,10H,2-5H2,1H3;1H;1H2/t8-;;/m0../s1. The van der Waals surface area contributed by atoms with Crippen LogP contribution in [0.5, 0.6) is 0 Å². The van der Waals surface area contributed by atoms with Crippen LogP contribution in [0, 0.1) is 17.0 Å². The summed E-state index contributed by atoms with van der Waals surface area (Å²) in [4.78, 5) is 10.3. The normalized spacial score (nSPS) is 19.0. The lowest BCUT2D eigenvalue weighted by Gasteiger charge is -2.23. The van der Waals surface area contributed by atoms with Gasteiger partial charge in [0.05, 0.1) is 11.0 Å². The van der Waals surface area contributed by atoms with Gasteiger partial charge in [-0.3, -0.25) is 14.8 Å². The van der Waals surface area contributed by atoms with Crippen LogP contribution >= 0.6 is 25.9 Å². The Morgan fingerprint density at radius 1 is 1.65 bits per heavy atom. The molecule has 17 heavy (non-hydrogen) atoms. The fourth-order valence-electron chi connectivity index (χ4n) is 2.00. The highest BCUT2D eigenvalue weighted by Gasteiger charge is 2.22. The summed E-state index contributed by atoms with van der Waals surface area (Å²) in [6.07, 6.45) is 3.47. The van der Waals surface area contributed by atoms with Crippen molar-refractivity contribution in [3.8, 4) is 0 Å². The number of halogens is 1. The second-order valence-corrected chi connectivity index (χ2v) is 3.82. The van der Waals surface area contributed by atoms with Crippen molar-refractivity contribution in [3.05, 3.63) is 22.0 Å². The third-order valence-corrected chi connectivity index (χ3v) is 2.83. The smallest absolute Gasteiger partial charge is 0.309 e. The zero-order valence-corrected chi connectivity index (χ0v) is 11.4. The van der Waals surface area contributed by atoms with Gasteiger partial charge in [0.25, 0.3) is 0 Å². The first-order valence-corrected chi connectivity index (χ1v) is 5.09. The first kappa shape index (κ1) is 16.2. The molecule has 1 N–H and O–H groups in total. The van der Waals surface area contributed by atoms with Crippen molar-refractivity contribution >= 4 is 31.6 Å². The van der Waals surface area contributed by atoms with E-state index in [2.05, 4.69) is 10.4 Å². The van der Waals surface area contributed by atoms with E-state index in [1.165, 1.54) is 6.20 Å². The number of piperidine rings is 1. The van der Waals surface area contributed by atoms with Gasteiger partial charge < -0.3 is 5.32 Å². The van der Waals surface area contributed by atoms with Crippen LogP contribution in [0.3, 0.4) is 0 Å². The second-order valence-electron chi connectivity index (χ2n) is 3.82. The molecule has 0 aromatic carbocycles. The summed E-state index contributed by atoms with van der Waals surface area (Å²) in [7, 11) is 0. The lowest BCUT2D eigenvalue weighted by molar-refractivity contribution is -0.385. The van der Waals surface area contributed by atoms with Gasteiger partial charge in [-0.05, 0) is 26.3 Å². The molecule has 0 saturated carbocycles. The van der Waals surface area contributed by atoms with E-state index >= 15 is 0 Å². The van der Waals surface area contributed by atoms with E-state index < -0.39 is 0 Å². The Morgan fingerprint density at radius 3 is 2.82 bits per heavy atom. The molecule has 0 amide bonds. The van der Waals surface area contributed by atoms with Crippen LogP contribution in [0.4, 0.5) is 5.69 Å². The summed E-state index contributed by atoms with van der Waals surface area (Å²) >= 11 is 0. The van der Waals surface area contributed by atoms with Gasteiger partial charge in [0.2, 0.25) is 0 Å². The number of nitro groups is 1. The van der Waals surface area contributed by atoms with E-state index in [-0.39, 0.29) is 42.6 Å². The summed E-state index contributed by atoms with van der Waals surface area (Å²) in [6.45, 7) is 3.62. The second kappa shape index (κ2) is 6.83. The Balaban J connectivity index is 0.00000128. The number of aromatic nitrogens is 2. The molecule has 1 aliphatic heterocycles. The molecule has 0 radical (unpaired) electrons. The Kier molecular flexibility index (Phi) is 6.51. The van der Waals surface area contributed by atoms with E-state index in [0.717, 1.165) is 25.9 Å². The fraction of sp³-hybridized carbons (Fsp3) is 0.667. The molecule has 2 rings (SSSR count). The number of nitrogens with zero attached hydrogens (tertiary/aromatic N) is 3. The highest BCUT2D eigenvalue weighted by atomic mass is 35.5. The summed E-state index contributed by atoms with van der Waals surface area (Å²) in [5.41, 5.74) is 0.759. The van der Waals surface area contributed by atoms with Gasteiger partial charge in [-0.15, -0.1) is 12.4 Å². The van der Waals surface area contributed by atoms with E-state index in [0.29, 0.717) is 5.69 Å². The molecule has 6 nitrogen and oxygen atoms in total. The van der Waals surface area contributed by atoms with E-state index in [1.807, 2.05) is 0 Å². The first-order valence-electron chi connectivity index (χ1n) is 5.09. The molecule has 8 heteroatoms. The minimum absolute atomic E-state index is 0. The minimum Gasteiger partial charge on any atom is -0.315 e. The molecule has 0 spiro atoms. The number of hydrogen-bond donors (Lipinski definition) is 1. The van der Waals surface area contributed by atoms with E-state index in [1.54, 1.807) is 11.6 Å². The summed E-state index contributed by atoms with van der Waals surface area (Å²) in [5, 5.41) is 18.0. The zero-order valence-electron chi connectivity index (χ0n) is 9.55. The third kappa shape index (κ3) is 3.34. The van der Waals surface area contributed by atoms with E-state index in [9.17, 15) is 10.1 Å². The molecule has 1 fully saturated rings. The molecule has 98 valence electrons. The predicted molar refractivity (Wildman–Crippen MR) is 72.4 cm³/mol. The maximum absolute atomic E-state index is 10.7. The Labute approximate surface area is 113 Å². The number of hydrogen-bond acceptors (Lipinski definition) is 4. The first-order chi connectivity index (χ1) is 7.20. The Morgan fingerprint density at radius 2 is 2.35 bits per heavy atom. The average Bonchev–Trinajstić information content (AvgIpc) is 2.61. The van der Waals surface area contributed by atoms with Crippen LogP contribution in [-0.2, 0) is 0 Å². The third-order valence-electron chi connectivity index (χ3n) is 2.83. The van der Waals surface area contributed by atoms with Crippen molar-refractivity contribution in [1.29, 1.82) is 0 Å². The lowest BCUT2D eigenvalue weighted by atomic mass is 10.1. The van der Waals surface area contributed by atoms with Crippen LogP contribution in [-0.4, -0.2) is 27.8 Å². The number of rotatable bonds is 2. The Hall–Kier alpha value is -0.790. The van der Waals surface area contributed by atoms with Crippen molar-refractivity contribution in [2.75, 3.05) is 13.1 Å². The molecule has 0 unspecified atom stereocenters. The van der Waals surface area contributed by atoms with Gasteiger partial charge >= 0.3 is 5.69 Å². The maximum Gasteiger partial charge on any atom is 0.309 e. The van der Waals surface area contributed by atoms with Crippen molar-refractivity contribution in [2.24, 2.45) is 0 Å². The predicted octanol–water partition coefficient (Wildman–Crippen LogP) is 1.56. The van der Waals surface area contributed by atoms with Gasteiger partial charge in [0.15, 0.2) is 0 Å². The lowest BCUT2D eigenvalue weighted by Crippen LogP contribution is -2.32. The molecular weight excluding hydrogens is 264 g/mol. The summed E-state index contributed by atoms with van der Waals surface area (Å²) in [5.74, 6) is 0. The highest BCUT2D eigenvalue weighted by Crippen LogP contribution is 2.23. The van der Waals surface area contributed by atoms with Crippen LogP contribution < -0.4 is 5.32 Å². The van der Waals surface area contributed by atoms with Crippen molar-refractivity contribution in [1.82, 2.24) is 15.1 Å². The Bertz CT molecular complexity index is 379. The zero-order chi connectivity index (χ0) is 10.8. The molecule has 1 aromatic heterocycles. The molecule has 1 aliphatic rings. The van der Waals surface area contributed by atoms with E-state index in [4.69, 9.17) is 0 Å². The van der Waals surface area contributed by atoms with Gasteiger partial charge in [0, 0.05) is 6.54 Å². The topological polar surface area (TPSA) is 73.0 Å². The summed E-state index contributed by atoms with van der Waals surface area (Å²) in [6, 6.07) is 0.257. The molecule has 0 aliphatic carbocycles. The largest absolute Gasteiger partial charge is 0.315 e. The molecule has 1 saturated heterocycles. The van der Waals surface area contributed by atoms with Crippen LogP contribution in [0.1, 0.15) is 24.6 Å². The SMILES string of the molecule is Cc1c([N+](=O)[O-])cnn1[C@H]1CCCNC1.Cl.S. The monoisotopic (exact) mass is 280 g/mol. The van der Waals surface area contributed by atoms with Gasteiger partial charge in [-0.25, -0.2) is 0 Å². The van der Waals surface area contributed by atoms with Crippen LogP contribution in [0.2, 0.25) is 0 Å². The highest BCUT2D eigenvalue weighted by molar-refractivity contribution is 7.59. The minimum atomic E-state index is -0.380. The molecule has 0 bridgehead atoms. The van der Waals surface area contributed by atoms with Crippen molar-refractivity contribution in [3.63, 3.8) is 0 Å². The summed E-state index contributed by atoms with van der Waals surface area (Å²) < 4.78 is 1.77. The van der Waals surface area contributed by atoms with Crippen LogP contribution in [0.15, 0.2) is 6.20 Å². The van der Waals surface area contributed by atoms with Gasteiger partial charge in [-0.1, -0.05) is 0 Å². The van der Waals surface area contributed by atoms with Crippen LogP contribution in [0.25, 0.3) is 0 Å². The average molecular weight is 281 g/mol. The van der Waals surface area contributed by atoms with Gasteiger partial charge in [-0.2, -0.15) is 18.6 Å².